The molecule has 25 heavy (non-hydrogen) atoms. The Hall–Kier alpha value is -3.16. The van der Waals surface area contributed by atoms with E-state index < -0.39 is 6.04 Å². The zero-order chi connectivity index (χ0) is 17.6. The molecule has 8 heteroatoms. The summed E-state index contributed by atoms with van der Waals surface area (Å²) in [6.07, 6.45) is 3.55. The van der Waals surface area contributed by atoms with Gasteiger partial charge in [-0.2, -0.15) is 5.10 Å². The van der Waals surface area contributed by atoms with E-state index in [0.717, 1.165) is 11.4 Å². The van der Waals surface area contributed by atoms with Gasteiger partial charge in [0.15, 0.2) is 0 Å². The predicted octanol–water partition coefficient (Wildman–Crippen LogP) is 1.47. The minimum Gasteiger partial charge on any atom is -0.487 e. The molecule has 0 unspecified atom stereocenters. The number of para-hydroxylation sites is 1. The van der Waals surface area contributed by atoms with Crippen molar-refractivity contribution in [3.8, 4) is 5.75 Å². The van der Waals surface area contributed by atoms with Gasteiger partial charge in [0.25, 0.3) is 0 Å². The Morgan fingerprint density at radius 2 is 2.04 bits per heavy atom. The first-order valence-electron chi connectivity index (χ1n) is 7.96. The first-order chi connectivity index (χ1) is 12.1. The van der Waals surface area contributed by atoms with Gasteiger partial charge in [0.05, 0.1) is 18.4 Å². The number of nitrogens with one attached hydrogen (secondary N) is 1. The van der Waals surface area contributed by atoms with E-state index in [4.69, 9.17) is 4.74 Å². The zero-order valence-electron chi connectivity index (χ0n) is 14.2. The van der Waals surface area contributed by atoms with Gasteiger partial charge < -0.3 is 10.1 Å². The Bertz CT molecular complexity index is 827. The summed E-state index contributed by atoms with van der Waals surface area (Å²) in [6.45, 7) is 2.44. The molecule has 3 rings (SSSR count). The van der Waals surface area contributed by atoms with Crippen molar-refractivity contribution in [2.75, 3.05) is 0 Å². The summed E-state index contributed by atoms with van der Waals surface area (Å²) in [7, 11) is 1.84. The molecule has 3 aromatic rings. The molecule has 0 aliphatic carbocycles. The fourth-order valence-electron chi connectivity index (χ4n) is 2.25. The molecule has 1 aromatic carbocycles. The molecule has 1 amide bonds. The molecule has 0 bridgehead atoms. The van der Waals surface area contributed by atoms with Crippen LogP contribution in [0.25, 0.3) is 0 Å². The van der Waals surface area contributed by atoms with E-state index in [0.29, 0.717) is 18.8 Å². The second kappa shape index (κ2) is 7.61. The maximum atomic E-state index is 12.2. The van der Waals surface area contributed by atoms with Crippen molar-refractivity contribution in [3.05, 3.63) is 60.2 Å². The van der Waals surface area contributed by atoms with Crippen molar-refractivity contribution >= 4 is 5.91 Å². The van der Waals surface area contributed by atoms with Crippen LogP contribution in [0.3, 0.4) is 0 Å². The highest BCUT2D eigenvalue weighted by atomic mass is 16.5. The molecule has 0 spiro atoms. The van der Waals surface area contributed by atoms with Crippen LogP contribution in [0, 0.1) is 0 Å². The molecule has 8 nitrogen and oxygen atoms in total. The van der Waals surface area contributed by atoms with Crippen molar-refractivity contribution in [2.24, 2.45) is 7.05 Å². The molecule has 0 fully saturated rings. The maximum absolute atomic E-state index is 12.2. The van der Waals surface area contributed by atoms with E-state index in [1.165, 1.54) is 4.68 Å². The standard InChI is InChI=1S/C17H20N6O2/c1-13(17(24)18-10-14-8-9-22(2)20-14)23-11-15(19-21-23)12-25-16-6-4-3-5-7-16/h3-9,11,13H,10,12H2,1-2H3,(H,18,24)/t13-/m0/s1. The van der Waals surface area contributed by atoms with Crippen LogP contribution in [0.5, 0.6) is 5.75 Å². The van der Waals surface area contributed by atoms with Gasteiger partial charge in [0, 0.05) is 13.2 Å². The monoisotopic (exact) mass is 340 g/mol. The van der Waals surface area contributed by atoms with Gasteiger partial charge in [-0.05, 0) is 25.1 Å². The molecule has 0 aliphatic rings. The van der Waals surface area contributed by atoms with Crippen molar-refractivity contribution in [3.63, 3.8) is 0 Å². The van der Waals surface area contributed by atoms with Crippen molar-refractivity contribution in [2.45, 2.75) is 26.1 Å². The van der Waals surface area contributed by atoms with Gasteiger partial charge in [-0.3, -0.25) is 9.48 Å². The van der Waals surface area contributed by atoms with E-state index in [1.807, 2.05) is 49.6 Å². The van der Waals surface area contributed by atoms with Gasteiger partial charge >= 0.3 is 0 Å². The van der Waals surface area contributed by atoms with Crippen LogP contribution >= 0.6 is 0 Å². The van der Waals surface area contributed by atoms with E-state index in [2.05, 4.69) is 20.7 Å². The lowest BCUT2D eigenvalue weighted by Gasteiger charge is -2.11. The van der Waals surface area contributed by atoms with Crippen LogP contribution in [0.4, 0.5) is 0 Å². The zero-order valence-corrected chi connectivity index (χ0v) is 14.2. The summed E-state index contributed by atoms with van der Waals surface area (Å²) in [5.41, 5.74) is 1.46. The fourth-order valence-corrected chi connectivity index (χ4v) is 2.25. The lowest BCUT2D eigenvalue weighted by molar-refractivity contribution is -0.124. The van der Waals surface area contributed by atoms with Crippen LogP contribution in [-0.2, 0) is 25.0 Å². The minimum atomic E-state index is -0.471. The van der Waals surface area contributed by atoms with Gasteiger partial charge in [0.2, 0.25) is 5.91 Å². The van der Waals surface area contributed by atoms with E-state index in [-0.39, 0.29) is 5.91 Å². The van der Waals surface area contributed by atoms with Crippen LogP contribution in [0.1, 0.15) is 24.4 Å². The highest BCUT2D eigenvalue weighted by Gasteiger charge is 2.17. The Labute approximate surface area is 145 Å². The van der Waals surface area contributed by atoms with Crippen molar-refractivity contribution < 1.29 is 9.53 Å². The molecule has 0 saturated carbocycles. The third kappa shape index (κ3) is 4.43. The van der Waals surface area contributed by atoms with E-state index in [9.17, 15) is 4.79 Å². The molecule has 0 aliphatic heterocycles. The first-order valence-corrected chi connectivity index (χ1v) is 7.96. The number of benzene rings is 1. The summed E-state index contributed by atoms with van der Waals surface area (Å²) in [4.78, 5) is 12.2. The second-order valence-corrected chi connectivity index (χ2v) is 5.67. The summed E-state index contributed by atoms with van der Waals surface area (Å²) < 4.78 is 8.85. The van der Waals surface area contributed by atoms with Gasteiger partial charge in [0.1, 0.15) is 24.1 Å². The molecule has 130 valence electrons. The third-order valence-corrected chi connectivity index (χ3v) is 3.68. The number of ether oxygens (including phenoxy) is 1. The lowest BCUT2D eigenvalue weighted by atomic mass is 10.3. The minimum absolute atomic E-state index is 0.147. The SMILES string of the molecule is C[C@@H](C(=O)NCc1ccn(C)n1)n1cc(COc2ccccc2)nn1. The summed E-state index contributed by atoms with van der Waals surface area (Å²) in [5.74, 6) is 0.615. The second-order valence-electron chi connectivity index (χ2n) is 5.67. The Morgan fingerprint density at radius 1 is 1.24 bits per heavy atom. The first kappa shape index (κ1) is 16.7. The molecular formula is C17H20N6O2. The number of hydrogen-bond donors (Lipinski definition) is 1. The number of carbonyl (C=O) groups is 1. The highest BCUT2D eigenvalue weighted by Crippen LogP contribution is 2.11. The Kier molecular flexibility index (Phi) is 5.08. The molecule has 2 heterocycles. The third-order valence-electron chi connectivity index (χ3n) is 3.68. The van der Waals surface area contributed by atoms with Crippen LogP contribution < -0.4 is 10.1 Å². The Balaban J connectivity index is 1.52. The summed E-state index contributed by atoms with van der Waals surface area (Å²) >= 11 is 0. The molecule has 0 radical (unpaired) electrons. The number of amides is 1. The van der Waals surface area contributed by atoms with Crippen molar-refractivity contribution in [1.82, 2.24) is 30.1 Å². The average molecular weight is 340 g/mol. The Morgan fingerprint density at radius 3 is 2.76 bits per heavy atom. The van der Waals surface area contributed by atoms with Crippen LogP contribution in [0.15, 0.2) is 48.8 Å². The topological polar surface area (TPSA) is 86.9 Å². The normalized spacial score (nSPS) is 11.9. The maximum Gasteiger partial charge on any atom is 0.244 e. The van der Waals surface area contributed by atoms with Crippen molar-refractivity contribution in [1.29, 1.82) is 0 Å². The van der Waals surface area contributed by atoms with E-state index >= 15 is 0 Å². The number of hydrogen-bond acceptors (Lipinski definition) is 5. The molecule has 1 atom stereocenters. The quantitative estimate of drug-likeness (QED) is 0.704. The summed E-state index contributed by atoms with van der Waals surface area (Å²) in [6, 6.07) is 10.9. The molecule has 0 saturated heterocycles. The average Bonchev–Trinajstić information content (AvgIpc) is 3.27. The molecule has 1 N–H and O–H groups in total. The number of nitrogens with zero attached hydrogens (tertiary/aromatic N) is 5. The fraction of sp³-hybridized carbons (Fsp3) is 0.294. The molecular weight excluding hydrogens is 320 g/mol. The largest absolute Gasteiger partial charge is 0.487 e. The number of aryl methyl sites for hydroxylation is 1. The number of rotatable bonds is 7. The van der Waals surface area contributed by atoms with Gasteiger partial charge in [-0.1, -0.05) is 23.4 Å². The van der Waals surface area contributed by atoms with Gasteiger partial charge in [-0.25, -0.2) is 4.68 Å². The predicted molar refractivity (Wildman–Crippen MR) is 90.6 cm³/mol. The summed E-state index contributed by atoms with van der Waals surface area (Å²) in [5, 5.41) is 15.1. The highest BCUT2D eigenvalue weighted by molar-refractivity contribution is 5.79. The lowest BCUT2D eigenvalue weighted by Crippen LogP contribution is -2.31. The van der Waals surface area contributed by atoms with Crippen LogP contribution in [0.2, 0.25) is 0 Å². The smallest absolute Gasteiger partial charge is 0.244 e. The van der Waals surface area contributed by atoms with Crippen LogP contribution in [-0.4, -0.2) is 30.7 Å². The van der Waals surface area contributed by atoms with Gasteiger partial charge in [-0.15, -0.1) is 5.10 Å². The number of aromatic nitrogens is 5. The van der Waals surface area contributed by atoms with E-state index in [1.54, 1.807) is 17.8 Å². The molecule has 2 aromatic heterocycles. The number of carbonyl (C=O) groups excluding carboxylic acids is 1.